The summed E-state index contributed by atoms with van der Waals surface area (Å²) in [5, 5.41) is 2.04. The number of carbonyl (C=O) groups excluding carboxylic acids is 2. The van der Waals surface area contributed by atoms with Gasteiger partial charge in [0, 0.05) is 23.5 Å². The Morgan fingerprint density at radius 3 is 2.57 bits per heavy atom. The van der Waals surface area contributed by atoms with Gasteiger partial charge in [0.05, 0.1) is 6.04 Å². The van der Waals surface area contributed by atoms with Crippen LogP contribution in [0.5, 0.6) is 5.75 Å². The van der Waals surface area contributed by atoms with E-state index in [2.05, 4.69) is 13.8 Å². The van der Waals surface area contributed by atoms with E-state index in [0.29, 0.717) is 30.3 Å². The van der Waals surface area contributed by atoms with Crippen LogP contribution in [0.25, 0.3) is 0 Å². The summed E-state index contributed by atoms with van der Waals surface area (Å²) in [7, 11) is 0. The van der Waals surface area contributed by atoms with Crippen LogP contribution in [0, 0.1) is 11.7 Å². The molecule has 35 heavy (non-hydrogen) atoms. The van der Waals surface area contributed by atoms with E-state index < -0.39 is 0 Å². The molecule has 5 nitrogen and oxygen atoms in total. The molecule has 0 radical (unpaired) electrons. The number of ether oxygens (including phenoxy) is 1. The molecular formula is C28H31FN2O3S. The Morgan fingerprint density at radius 1 is 1.11 bits per heavy atom. The predicted octanol–water partition coefficient (Wildman–Crippen LogP) is 5.58. The Hall–Kier alpha value is -3.19. The molecule has 0 bridgehead atoms. The number of fused-ring (bicyclic) bond motifs is 1. The summed E-state index contributed by atoms with van der Waals surface area (Å²) in [6, 6.07) is 16.8. The molecule has 1 aromatic heterocycles. The van der Waals surface area contributed by atoms with Crippen molar-refractivity contribution < 1.29 is 18.7 Å². The summed E-state index contributed by atoms with van der Waals surface area (Å²) < 4.78 is 19.3. The second-order valence-electron chi connectivity index (χ2n) is 9.19. The van der Waals surface area contributed by atoms with Crippen molar-refractivity contribution in [1.29, 1.82) is 0 Å². The number of amides is 2. The standard InChI is InChI=1S/C28H31FN2O3S/c1-20(2)12-15-30(28(33)21-6-4-3-5-7-21)18-27(32)31-16-13-26-24(14-17-35-26)25(31)19-34-23-10-8-22(29)9-11-23/h3-11,14,17,20,25H,12-13,15-16,18-19H2,1-2H3/t25-/m0/s1. The van der Waals surface area contributed by atoms with Crippen LogP contribution in [-0.2, 0) is 11.2 Å². The second kappa shape index (κ2) is 11.5. The molecule has 2 heterocycles. The molecule has 0 N–H and O–H groups in total. The molecule has 2 amide bonds. The van der Waals surface area contributed by atoms with Crippen LogP contribution < -0.4 is 4.74 Å². The highest BCUT2D eigenvalue weighted by Gasteiger charge is 2.33. The molecule has 0 aliphatic carbocycles. The van der Waals surface area contributed by atoms with Crippen molar-refractivity contribution in [2.24, 2.45) is 5.92 Å². The van der Waals surface area contributed by atoms with Crippen LogP contribution in [-0.4, -0.2) is 47.9 Å². The fourth-order valence-electron chi connectivity index (χ4n) is 4.26. The first-order valence-corrected chi connectivity index (χ1v) is 12.9. The fourth-order valence-corrected chi connectivity index (χ4v) is 5.19. The van der Waals surface area contributed by atoms with Gasteiger partial charge in [-0.2, -0.15) is 0 Å². The van der Waals surface area contributed by atoms with Gasteiger partial charge in [-0.1, -0.05) is 32.0 Å². The van der Waals surface area contributed by atoms with Crippen molar-refractivity contribution in [2.75, 3.05) is 26.2 Å². The Balaban J connectivity index is 1.52. The van der Waals surface area contributed by atoms with Crippen molar-refractivity contribution in [3.63, 3.8) is 0 Å². The molecule has 7 heteroatoms. The third kappa shape index (κ3) is 6.28. The molecule has 1 aliphatic heterocycles. The van der Waals surface area contributed by atoms with Crippen LogP contribution >= 0.6 is 11.3 Å². The van der Waals surface area contributed by atoms with Crippen LogP contribution in [0.4, 0.5) is 4.39 Å². The topological polar surface area (TPSA) is 49.9 Å². The molecule has 3 aromatic rings. The molecule has 184 valence electrons. The van der Waals surface area contributed by atoms with E-state index in [-0.39, 0.29) is 36.8 Å². The first kappa shape index (κ1) is 24.9. The minimum atomic E-state index is -0.323. The maximum absolute atomic E-state index is 13.6. The van der Waals surface area contributed by atoms with E-state index in [4.69, 9.17) is 4.74 Å². The van der Waals surface area contributed by atoms with Gasteiger partial charge in [-0.3, -0.25) is 9.59 Å². The number of halogens is 1. The molecule has 1 aliphatic rings. The Kier molecular flexibility index (Phi) is 8.18. The highest BCUT2D eigenvalue weighted by molar-refractivity contribution is 7.10. The summed E-state index contributed by atoms with van der Waals surface area (Å²) in [6.45, 7) is 5.59. The maximum atomic E-state index is 13.6. The van der Waals surface area contributed by atoms with Gasteiger partial charge in [0.25, 0.3) is 5.91 Å². The molecule has 1 atom stereocenters. The lowest BCUT2D eigenvalue weighted by Crippen LogP contribution is -2.48. The first-order valence-electron chi connectivity index (χ1n) is 12.0. The molecule has 0 saturated heterocycles. The van der Waals surface area contributed by atoms with Gasteiger partial charge in [0.2, 0.25) is 5.91 Å². The minimum absolute atomic E-state index is 0.0208. The molecule has 2 aromatic carbocycles. The van der Waals surface area contributed by atoms with Gasteiger partial charge in [-0.25, -0.2) is 4.39 Å². The molecule has 0 saturated carbocycles. The number of carbonyl (C=O) groups is 2. The van der Waals surface area contributed by atoms with Crippen molar-refractivity contribution in [1.82, 2.24) is 9.80 Å². The highest BCUT2D eigenvalue weighted by atomic mass is 32.1. The number of hydrogen-bond donors (Lipinski definition) is 0. The number of nitrogens with zero attached hydrogens (tertiary/aromatic N) is 2. The zero-order valence-electron chi connectivity index (χ0n) is 20.2. The Bertz CT molecular complexity index is 1130. The van der Waals surface area contributed by atoms with Gasteiger partial charge in [-0.15, -0.1) is 11.3 Å². The smallest absolute Gasteiger partial charge is 0.254 e. The largest absolute Gasteiger partial charge is 0.491 e. The fraction of sp³-hybridized carbons (Fsp3) is 0.357. The van der Waals surface area contributed by atoms with E-state index in [1.54, 1.807) is 40.5 Å². The lowest BCUT2D eigenvalue weighted by Gasteiger charge is -2.37. The second-order valence-corrected chi connectivity index (χ2v) is 10.2. The van der Waals surface area contributed by atoms with Crippen LogP contribution in [0.2, 0.25) is 0 Å². The molecule has 0 fully saturated rings. The van der Waals surface area contributed by atoms with Gasteiger partial charge in [-0.05, 0) is 72.2 Å². The van der Waals surface area contributed by atoms with E-state index in [9.17, 15) is 14.0 Å². The van der Waals surface area contributed by atoms with Crippen molar-refractivity contribution in [3.8, 4) is 5.75 Å². The zero-order valence-corrected chi connectivity index (χ0v) is 21.0. The summed E-state index contributed by atoms with van der Waals surface area (Å²) >= 11 is 1.69. The number of hydrogen-bond acceptors (Lipinski definition) is 4. The third-order valence-electron chi connectivity index (χ3n) is 6.25. The van der Waals surface area contributed by atoms with E-state index in [1.165, 1.54) is 17.0 Å². The number of rotatable bonds is 9. The average Bonchev–Trinajstić information content (AvgIpc) is 3.35. The number of thiophene rings is 1. The quantitative estimate of drug-likeness (QED) is 0.390. The summed E-state index contributed by atoms with van der Waals surface area (Å²) in [5.74, 6) is 0.418. The molecule has 0 unspecified atom stereocenters. The maximum Gasteiger partial charge on any atom is 0.254 e. The van der Waals surface area contributed by atoms with Crippen LogP contribution in [0.1, 0.15) is 47.1 Å². The first-order chi connectivity index (χ1) is 16.9. The lowest BCUT2D eigenvalue weighted by atomic mass is 10.00. The van der Waals surface area contributed by atoms with Crippen molar-refractivity contribution >= 4 is 23.2 Å². The third-order valence-corrected chi connectivity index (χ3v) is 7.24. The van der Waals surface area contributed by atoms with Crippen molar-refractivity contribution in [2.45, 2.75) is 32.7 Å². The Morgan fingerprint density at radius 2 is 1.86 bits per heavy atom. The Labute approximate surface area is 210 Å². The van der Waals surface area contributed by atoms with Gasteiger partial charge in [0.15, 0.2) is 0 Å². The summed E-state index contributed by atoms with van der Waals surface area (Å²) in [4.78, 5) is 31.6. The average molecular weight is 495 g/mol. The normalized spacial score (nSPS) is 15.1. The molecular weight excluding hydrogens is 463 g/mol. The van der Waals surface area contributed by atoms with Crippen molar-refractivity contribution in [3.05, 3.63) is 87.9 Å². The van der Waals surface area contributed by atoms with Gasteiger partial charge >= 0.3 is 0 Å². The minimum Gasteiger partial charge on any atom is -0.491 e. The van der Waals surface area contributed by atoms with Gasteiger partial charge < -0.3 is 14.5 Å². The zero-order chi connectivity index (χ0) is 24.8. The summed E-state index contributed by atoms with van der Waals surface area (Å²) in [6.07, 6.45) is 1.60. The lowest BCUT2D eigenvalue weighted by molar-refractivity contribution is -0.135. The van der Waals surface area contributed by atoms with Gasteiger partial charge in [0.1, 0.15) is 24.7 Å². The highest BCUT2D eigenvalue weighted by Crippen LogP contribution is 2.34. The van der Waals surface area contributed by atoms with E-state index in [0.717, 1.165) is 18.4 Å². The van der Waals surface area contributed by atoms with E-state index >= 15 is 0 Å². The van der Waals surface area contributed by atoms with Crippen LogP contribution in [0.15, 0.2) is 66.0 Å². The molecule has 0 spiro atoms. The van der Waals surface area contributed by atoms with Crippen LogP contribution in [0.3, 0.4) is 0 Å². The predicted molar refractivity (Wildman–Crippen MR) is 136 cm³/mol. The monoisotopic (exact) mass is 494 g/mol. The SMILES string of the molecule is CC(C)CCN(CC(=O)N1CCc2sccc2[C@@H]1COc1ccc(F)cc1)C(=O)c1ccccc1. The van der Waals surface area contributed by atoms with E-state index in [1.807, 2.05) is 34.5 Å². The number of benzene rings is 2. The molecule has 4 rings (SSSR count). The summed E-state index contributed by atoms with van der Waals surface area (Å²) in [5.41, 5.74) is 1.67.